The molecule has 148 valence electrons. The van der Waals surface area contributed by atoms with Gasteiger partial charge in [0.1, 0.15) is 0 Å². The van der Waals surface area contributed by atoms with E-state index in [1.807, 2.05) is 0 Å². The number of anilines is 1. The van der Waals surface area contributed by atoms with Crippen LogP contribution in [-0.2, 0) is 11.3 Å². The van der Waals surface area contributed by atoms with Crippen LogP contribution in [0.3, 0.4) is 0 Å². The Morgan fingerprint density at radius 2 is 1.79 bits per heavy atom. The van der Waals surface area contributed by atoms with Crippen LogP contribution in [0, 0.1) is 12.7 Å². The molecule has 0 bridgehead atoms. The van der Waals surface area contributed by atoms with Crippen molar-refractivity contribution in [3.8, 4) is 0 Å². The van der Waals surface area contributed by atoms with Crippen LogP contribution in [0.4, 0.5) is 10.1 Å². The Kier molecular flexibility index (Phi) is 6.00. The van der Waals surface area contributed by atoms with Gasteiger partial charge < -0.3 is 9.80 Å². The van der Waals surface area contributed by atoms with E-state index in [0.717, 1.165) is 6.20 Å². The first-order valence-corrected chi connectivity index (χ1v) is 9.63. The van der Waals surface area contributed by atoms with Crippen LogP contribution in [0.1, 0.15) is 26.3 Å². The largest absolute Gasteiger partial charge is 0.335 e. The van der Waals surface area contributed by atoms with Gasteiger partial charge in [-0.25, -0.2) is 8.60 Å². The number of carbonyl (C=O) groups is 2. The lowest BCUT2D eigenvalue weighted by molar-refractivity contribution is 0.0532. The summed E-state index contributed by atoms with van der Waals surface area (Å²) in [5.74, 6) is -1.28. The fraction of sp³-hybridized carbons (Fsp3) is 0.278. The fourth-order valence-corrected chi connectivity index (χ4v) is 3.44. The number of hydrogen-bond donors (Lipinski definition) is 2. The molecular formula is C18H19FN4O4S. The van der Waals surface area contributed by atoms with E-state index >= 15 is 0 Å². The van der Waals surface area contributed by atoms with Gasteiger partial charge in [0, 0.05) is 37.9 Å². The van der Waals surface area contributed by atoms with E-state index in [1.54, 1.807) is 30.0 Å². The van der Waals surface area contributed by atoms with E-state index in [9.17, 15) is 18.2 Å². The average molecular weight is 406 g/mol. The SMILES string of the molecule is Cc1cc(C(=O)N2CCN(C(=O)c3ccncc3F)CC2)ccc1NS(=O)O. The minimum Gasteiger partial charge on any atom is -0.335 e. The van der Waals surface area contributed by atoms with Gasteiger partial charge in [-0.05, 0) is 36.8 Å². The number of halogens is 1. The fourth-order valence-electron chi connectivity index (χ4n) is 3.02. The van der Waals surface area contributed by atoms with Crippen LogP contribution >= 0.6 is 0 Å². The molecule has 1 fully saturated rings. The summed E-state index contributed by atoms with van der Waals surface area (Å²) in [5, 5.41) is 0. The van der Waals surface area contributed by atoms with Gasteiger partial charge in [-0.1, -0.05) is 0 Å². The molecule has 2 heterocycles. The highest BCUT2D eigenvalue weighted by Gasteiger charge is 2.27. The molecule has 3 rings (SSSR count). The van der Waals surface area contributed by atoms with Gasteiger partial charge in [0.2, 0.25) is 0 Å². The third kappa shape index (κ3) is 4.34. The van der Waals surface area contributed by atoms with Crippen LogP contribution in [0.25, 0.3) is 0 Å². The molecule has 1 aliphatic rings. The van der Waals surface area contributed by atoms with Crippen molar-refractivity contribution in [2.24, 2.45) is 0 Å². The molecule has 1 saturated heterocycles. The summed E-state index contributed by atoms with van der Waals surface area (Å²) in [7, 11) is 0. The van der Waals surface area contributed by atoms with Gasteiger partial charge in [-0.15, -0.1) is 0 Å². The van der Waals surface area contributed by atoms with Crippen LogP contribution in [-0.4, -0.2) is 61.5 Å². The number of amides is 2. The van der Waals surface area contributed by atoms with Gasteiger partial charge in [-0.3, -0.25) is 23.8 Å². The Morgan fingerprint density at radius 1 is 1.14 bits per heavy atom. The van der Waals surface area contributed by atoms with Crippen molar-refractivity contribution >= 4 is 28.8 Å². The number of benzene rings is 1. The quantitative estimate of drug-likeness (QED) is 0.752. The second kappa shape index (κ2) is 8.44. The van der Waals surface area contributed by atoms with Crippen molar-refractivity contribution in [1.82, 2.24) is 14.8 Å². The third-order valence-electron chi connectivity index (χ3n) is 4.53. The van der Waals surface area contributed by atoms with Crippen LogP contribution in [0.15, 0.2) is 36.7 Å². The number of carbonyl (C=O) groups excluding carboxylic acids is 2. The highest BCUT2D eigenvalue weighted by atomic mass is 32.2. The van der Waals surface area contributed by atoms with Crippen LogP contribution in [0.5, 0.6) is 0 Å². The third-order valence-corrected chi connectivity index (χ3v) is 4.92. The van der Waals surface area contributed by atoms with Crippen molar-refractivity contribution in [2.75, 3.05) is 30.9 Å². The van der Waals surface area contributed by atoms with E-state index < -0.39 is 23.0 Å². The molecule has 1 aromatic heterocycles. The molecule has 1 aromatic carbocycles. The van der Waals surface area contributed by atoms with E-state index in [1.165, 1.54) is 17.2 Å². The Hall–Kier alpha value is -2.85. The number of piperazine rings is 1. The second-order valence-corrected chi connectivity index (χ2v) is 7.02. The average Bonchev–Trinajstić information content (AvgIpc) is 2.68. The molecule has 1 aliphatic heterocycles. The molecule has 2 N–H and O–H groups in total. The number of pyridine rings is 1. The Balaban J connectivity index is 1.64. The highest BCUT2D eigenvalue weighted by molar-refractivity contribution is 7.80. The van der Waals surface area contributed by atoms with Crippen molar-refractivity contribution in [2.45, 2.75) is 6.92 Å². The van der Waals surface area contributed by atoms with Gasteiger partial charge in [0.05, 0.1) is 17.4 Å². The first-order valence-electron chi connectivity index (χ1n) is 8.53. The highest BCUT2D eigenvalue weighted by Crippen LogP contribution is 2.19. The molecule has 1 atom stereocenters. The molecule has 2 aromatic rings. The monoisotopic (exact) mass is 406 g/mol. The smallest absolute Gasteiger partial charge is 0.259 e. The maximum atomic E-state index is 13.8. The number of hydrogen-bond acceptors (Lipinski definition) is 4. The molecule has 10 heteroatoms. The molecule has 8 nitrogen and oxygen atoms in total. The molecule has 2 amide bonds. The van der Waals surface area contributed by atoms with E-state index in [4.69, 9.17) is 4.55 Å². The van der Waals surface area contributed by atoms with Crippen molar-refractivity contribution in [3.05, 3.63) is 59.2 Å². The maximum Gasteiger partial charge on any atom is 0.259 e. The Bertz CT molecular complexity index is 932. The maximum absolute atomic E-state index is 13.8. The number of aromatic nitrogens is 1. The van der Waals surface area contributed by atoms with Crippen LogP contribution < -0.4 is 4.72 Å². The topological polar surface area (TPSA) is 103 Å². The zero-order valence-corrected chi connectivity index (χ0v) is 15.9. The summed E-state index contributed by atoms with van der Waals surface area (Å²) in [4.78, 5) is 31.9. The van der Waals surface area contributed by atoms with Gasteiger partial charge in [0.15, 0.2) is 5.82 Å². The number of nitrogens with one attached hydrogen (secondary N) is 1. The molecule has 0 aliphatic carbocycles. The van der Waals surface area contributed by atoms with Crippen molar-refractivity contribution in [3.63, 3.8) is 0 Å². The van der Waals surface area contributed by atoms with E-state index in [0.29, 0.717) is 43.0 Å². The zero-order valence-electron chi connectivity index (χ0n) is 15.1. The number of rotatable bonds is 4. The minimum atomic E-state index is -2.19. The summed E-state index contributed by atoms with van der Waals surface area (Å²) in [5.41, 5.74) is 1.55. The standard InChI is InChI=1S/C18H19FN4O4S/c1-12-10-13(2-3-16(12)21-28(26)27)17(24)22-6-8-23(9-7-22)18(25)14-4-5-20-11-15(14)19/h2-5,10-11,21H,6-9H2,1H3,(H,26,27). The van der Waals surface area contributed by atoms with E-state index in [2.05, 4.69) is 9.71 Å². The summed E-state index contributed by atoms with van der Waals surface area (Å²) >= 11 is -2.19. The second-order valence-electron chi connectivity index (χ2n) is 6.32. The molecule has 28 heavy (non-hydrogen) atoms. The Morgan fingerprint density at radius 3 is 2.36 bits per heavy atom. The predicted molar refractivity (Wildman–Crippen MR) is 102 cm³/mol. The summed E-state index contributed by atoms with van der Waals surface area (Å²) in [6, 6.07) is 6.13. The van der Waals surface area contributed by atoms with Gasteiger partial charge in [-0.2, -0.15) is 0 Å². The van der Waals surface area contributed by atoms with Crippen molar-refractivity contribution < 1.29 is 22.7 Å². The van der Waals surface area contributed by atoms with Crippen molar-refractivity contribution in [1.29, 1.82) is 0 Å². The lowest BCUT2D eigenvalue weighted by Gasteiger charge is -2.35. The van der Waals surface area contributed by atoms with Gasteiger partial charge >= 0.3 is 0 Å². The summed E-state index contributed by atoms with van der Waals surface area (Å²) < 4.78 is 35.9. The normalized spacial score (nSPS) is 15.2. The predicted octanol–water partition coefficient (Wildman–Crippen LogP) is 1.68. The zero-order chi connectivity index (χ0) is 20.3. The lowest BCUT2D eigenvalue weighted by Crippen LogP contribution is -2.50. The molecule has 1 unspecified atom stereocenters. The van der Waals surface area contributed by atoms with E-state index in [-0.39, 0.29) is 11.5 Å². The van der Waals surface area contributed by atoms with Gasteiger partial charge in [0.25, 0.3) is 23.1 Å². The molecular weight excluding hydrogens is 387 g/mol. The Labute approximate surface area is 163 Å². The number of nitrogens with zero attached hydrogens (tertiary/aromatic N) is 3. The molecule has 0 radical (unpaired) electrons. The summed E-state index contributed by atoms with van der Waals surface area (Å²) in [6.45, 7) is 2.99. The minimum absolute atomic E-state index is 0.0326. The lowest BCUT2D eigenvalue weighted by atomic mass is 10.1. The molecule has 0 spiro atoms. The first-order chi connectivity index (χ1) is 13.4. The van der Waals surface area contributed by atoms with Crippen LogP contribution in [0.2, 0.25) is 0 Å². The number of aryl methyl sites for hydroxylation is 1. The molecule has 0 saturated carbocycles. The summed E-state index contributed by atoms with van der Waals surface area (Å²) in [6.07, 6.45) is 2.36. The first kappa shape index (κ1) is 19.9.